The van der Waals surface area contributed by atoms with Crippen LogP contribution in [0.1, 0.15) is 0 Å². The molecule has 1 aromatic carbocycles. The lowest BCUT2D eigenvalue weighted by molar-refractivity contribution is 0.400. The first-order valence-corrected chi connectivity index (χ1v) is 5.25. The summed E-state index contributed by atoms with van der Waals surface area (Å²) in [7, 11) is 1.48. The zero-order chi connectivity index (χ0) is 12.4. The maximum atomic E-state index is 13.4. The number of hydrogen-bond donors (Lipinski definition) is 1. The van der Waals surface area contributed by atoms with Crippen molar-refractivity contribution in [1.29, 1.82) is 0 Å². The molecule has 0 radical (unpaired) electrons. The molecule has 0 saturated carbocycles. The van der Waals surface area contributed by atoms with Crippen LogP contribution in [0.3, 0.4) is 0 Å². The largest absolute Gasteiger partial charge is 0.481 e. The van der Waals surface area contributed by atoms with Crippen LogP contribution in [-0.2, 0) is 0 Å². The third-order valence-corrected chi connectivity index (χ3v) is 2.69. The van der Waals surface area contributed by atoms with E-state index in [4.69, 9.17) is 22.1 Å². The van der Waals surface area contributed by atoms with Crippen LogP contribution in [0.4, 0.5) is 10.1 Å². The van der Waals surface area contributed by atoms with Crippen LogP contribution in [0.5, 0.6) is 5.88 Å². The van der Waals surface area contributed by atoms with Crippen molar-refractivity contribution in [3.8, 4) is 17.0 Å². The monoisotopic (exact) mass is 252 g/mol. The lowest BCUT2D eigenvalue weighted by Crippen LogP contribution is -1.95. The molecule has 0 spiro atoms. The highest BCUT2D eigenvalue weighted by Gasteiger charge is 2.13. The Morgan fingerprint density at radius 1 is 1.35 bits per heavy atom. The summed E-state index contributed by atoms with van der Waals surface area (Å²) in [6, 6.07) is 6.19. The molecule has 2 N–H and O–H groups in total. The number of methoxy groups -OCH3 is 1. The summed E-state index contributed by atoms with van der Waals surface area (Å²) in [5, 5.41) is 0.0261. The van der Waals surface area contributed by atoms with E-state index in [9.17, 15) is 4.39 Å². The van der Waals surface area contributed by atoms with Gasteiger partial charge in [-0.2, -0.15) is 0 Å². The van der Waals surface area contributed by atoms with Crippen LogP contribution in [0.15, 0.2) is 30.5 Å². The fraction of sp³-hybridized carbons (Fsp3) is 0.0833. The van der Waals surface area contributed by atoms with Crippen LogP contribution in [0.25, 0.3) is 11.1 Å². The number of hydrogen-bond acceptors (Lipinski definition) is 3. The predicted octanol–water partition coefficient (Wildman–Crippen LogP) is 3.13. The summed E-state index contributed by atoms with van der Waals surface area (Å²) in [5.41, 5.74) is 7.18. The number of rotatable bonds is 2. The average molecular weight is 253 g/mol. The van der Waals surface area contributed by atoms with E-state index in [0.29, 0.717) is 22.7 Å². The van der Waals surface area contributed by atoms with Gasteiger partial charge < -0.3 is 10.5 Å². The molecule has 0 amide bonds. The highest BCUT2D eigenvalue weighted by Crippen LogP contribution is 2.35. The molecule has 0 bridgehead atoms. The number of nitrogens with zero attached hydrogens (tertiary/aromatic N) is 1. The molecule has 0 aliphatic carbocycles. The third kappa shape index (κ3) is 2.17. The first-order chi connectivity index (χ1) is 8.13. The second-order valence-corrected chi connectivity index (χ2v) is 3.80. The summed E-state index contributed by atoms with van der Waals surface area (Å²) in [4.78, 5) is 4.02. The van der Waals surface area contributed by atoms with Gasteiger partial charge >= 0.3 is 0 Å². The van der Waals surface area contributed by atoms with Crippen molar-refractivity contribution in [2.45, 2.75) is 0 Å². The number of ether oxygens (including phenoxy) is 1. The van der Waals surface area contributed by atoms with Gasteiger partial charge in [0, 0.05) is 11.1 Å². The van der Waals surface area contributed by atoms with Crippen LogP contribution in [0.2, 0.25) is 5.02 Å². The van der Waals surface area contributed by atoms with Gasteiger partial charge in [0.05, 0.1) is 24.0 Å². The number of nitrogens with two attached hydrogens (primary N) is 1. The quantitative estimate of drug-likeness (QED) is 0.893. The normalized spacial score (nSPS) is 10.3. The Labute approximate surface area is 103 Å². The predicted molar refractivity (Wildman–Crippen MR) is 65.6 cm³/mol. The fourth-order valence-corrected chi connectivity index (χ4v) is 1.76. The van der Waals surface area contributed by atoms with E-state index in [-0.39, 0.29) is 5.02 Å². The van der Waals surface area contributed by atoms with E-state index in [2.05, 4.69) is 4.98 Å². The van der Waals surface area contributed by atoms with Gasteiger partial charge in [-0.1, -0.05) is 23.7 Å². The van der Waals surface area contributed by atoms with Crippen molar-refractivity contribution in [1.82, 2.24) is 4.98 Å². The van der Waals surface area contributed by atoms with E-state index in [1.54, 1.807) is 18.2 Å². The Hall–Kier alpha value is -1.81. The Bertz CT molecular complexity index is 560. The SMILES string of the molecule is COc1ncc(N)cc1-c1cccc(F)c1Cl. The topological polar surface area (TPSA) is 48.1 Å². The van der Waals surface area contributed by atoms with Gasteiger partial charge in [0.15, 0.2) is 0 Å². The van der Waals surface area contributed by atoms with Gasteiger partial charge in [-0.05, 0) is 12.1 Å². The van der Waals surface area contributed by atoms with Crippen molar-refractivity contribution in [3.05, 3.63) is 41.3 Å². The standard InChI is InChI=1S/C12H10ClFN2O/c1-17-12-9(5-7(15)6-16-12)8-3-2-4-10(14)11(8)13/h2-6H,15H2,1H3. The number of halogens is 2. The second kappa shape index (κ2) is 4.59. The van der Waals surface area contributed by atoms with Gasteiger partial charge in [-0.25, -0.2) is 9.37 Å². The van der Waals surface area contributed by atoms with E-state index < -0.39 is 5.82 Å². The second-order valence-electron chi connectivity index (χ2n) is 3.43. The van der Waals surface area contributed by atoms with Crippen LogP contribution in [-0.4, -0.2) is 12.1 Å². The summed E-state index contributed by atoms with van der Waals surface area (Å²) in [6.45, 7) is 0. The number of nitrogen functional groups attached to an aromatic ring is 1. The van der Waals surface area contributed by atoms with Gasteiger partial charge in [-0.15, -0.1) is 0 Å². The van der Waals surface area contributed by atoms with Gasteiger partial charge in [0.1, 0.15) is 5.82 Å². The minimum Gasteiger partial charge on any atom is -0.481 e. The molecule has 5 heteroatoms. The molecule has 0 saturated heterocycles. The third-order valence-electron chi connectivity index (χ3n) is 2.31. The van der Waals surface area contributed by atoms with Crippen LogP contribution in [0, 0.1) is 5.82 Å². The lowest BCUT2D eigenvalue weighted by atomic mass is 10.1. The number of pyridine rings is 1. The fourth-order valence-electron chi connectivity index (χ4n) is 1.54. The Balaban J connectivity index is 2.67. The Morgan fingerprint density at radius 3 is 2.82 bits per heavy atom. The molecule has 3 nitrogen and oxygen atoms in total. The van der Waals surface area contributed by atoms with E-state index >= 15 is 0 Å². The van der Waals surface area contributed by atoms with Crippen LogP contribution >= 0.6 is 11.6 Å². The number of anilines is 1. The highest BCUT2D eigenvalue weighted by molar-refractivity contribution is 6.33. The lowest BCUT2D eigenvalue weighted by Gasteiger charge is -2.10. The number of aromatic nitrogens is 1. The molecule has 0 atom stereocenters. The number of benzene rings is 1. The average Bonchev–Trinajstić information content (AvgIpc) is 2.33. The summed E-state index contributed by atoms with van der Waals surface area (Å²) in [5.74, 6) is -0.139. The van der Waals surface area contributed by atoms with Crippen molar-refractivity contribution in [2.24, 2.45) is 0 Å². The minimum absolute atomic E-state index is 0.0261. The van der Waals surface area contributed by atoms with Gasteiger partial charge in [0.2, 0.25) is 5.88 Å². The van der Waals surface area contributed by atoms with Crippen molar-refractivity contribution in [2.75, 3.05) is 12.8 Å². The smallest absolute Gasteiger partial charge is 0.221 e. The molecule has 0 aliphatic heterocycles. The molecular weight excluding hydrogens is 243 g/mol. The summed E-state index contributed by atoms with van der Waals surface area (Å²) >= 11 is 5.91. The first-order valence-electron chi connectivity index (χ1n) is 4.87. The van der Waals surface area contributed by atoms with E-state index in [0.717, 1.165) is 0 Å². The molecule has 2 rings (SSSR count). The highest BCUT2D eigenvalue weighted by atomic mass is 35.5. The zero-order valence-electron chi connectivity index (χ0n) is 9.08. The van der Waals surface area contributed by atoms with Gasteiger partial charge in [-0.3, -0.25) is 0 Å². The first kappa shape index (κ1) is 11.7. The van der Waals surface area contributed by atoms with E-state index in [1.165, 1.54) is 19.4 Å². The molecule has 88 valence electrons. The molecule has 2 aromatic rings. The zero-order valence-corrected chi connectivity index (χ0v) is 9.83. The Morgan fingerprint density at radius 2 is 2.12 bits per heavy atom. The maximum Gasteiger partial charge on any atom is 0.221 e. The van der Waals surface area contributed by atoms with E-state index in [1.807, 2.05) is 0 Å². The molecular formula is C12H10ClFN2O. The molecule has 1 heterocycles. The summed E-state index contributed by atoms with van der Waals surface area (Å²) < 4.78 is 18.5. The Kier molecular flexibility index (Phi) is 3.15. The summed E-state index contributed by atoms with van der Waals surface area (Å²) in [6.07, 6.45) is 1.47. The molecule has 0 aliphatic rings. The van der Waals surface area contributed by atoms with Crippen molar-refractivity contribution >= 4 is 17.3 Å². The molecule has 17 heavy (non-hydrogen) atoms. The molecule has 0 unspecified atom stereocenters. The molecule has 0 fully saturated rings. The maximum absolute atomic E-state index is 13.4. The van der Waals surface area contributed by atoms with Gasteiger partial charge in [0.25, 0.3) is 0 Å². The van der Waals surface area contributed by atoms with Crippen LogP contribution < -0.4 is 10.5 Å². The minimum atomic E-state index is -0.492. The molecule has 1 aromatic heterocycles. The van der Waals surface area contributed by atoms with Crippen molar-refractivity contribution in [3.63, 3.8) is 0 Å². The van der Waals surface area contributed by atoms with Crippen molar-refractivity contribution < 1.29 is 9.13 Å².